The standard InChI is InChI=1S/C26H25Cl2N3O4/c1-4-29-22(32)19-20(23(29)33)26(13-14(2)3)24(34)30(16-10-11-17(27)18(28)12-16)25(35)31(26)21(19)15-8-6-5-7-9-15/h5-12,14,19-21H,4,13H2,1-3H3/t19-,20-,21-,26-/m1/s1. The molecule has 5 amide bonds. The lowest BCUT2D eigenvalue weighted by molar-refractivity contribution is -0.144. The Hall–Kier alpha value is -2.90. The van der Waals surface area contributed by atoms with Gasteiger partial charge >= 0.3 is 6.03 Å². The summed E-state index contributed by atoms with van der Waals surface area (Å²) in [6, 6.07) is 12.4. The summed E-state index contributed by atoms with van der Waals surface area (Å²) in [4.78, 5) is 59.4. The van der Waals surface area contributed by atoms with E-state index in [1.807, 2.05) is 44.2 Å². The zero-order valence-corrected chi connectivity index (χ0v) is 21.1. The number of carbonyl (C=O) groups excluding carboxylic acids is 4. The van der Waals surface area contributed by atoms with E-state index < -0.39 is 41.3 Å². The molecular weight excluding hydrogens is 489 g/mol. The maximum absolute atomic E-state index is 14.3. The molecule has 0 radical (unpaired) electrons. The smallest absolute Gasteiger partial charge is 0.300 e. The van der Waals surface area contributed by atoms with Crippen LogP contribution < -0.4 is 4.90 Å². The number of halogens is 2. The average molecular weight is 514 g/mol. The largest absolute Gasteiger partial charge is 0.332 e. The van der Waals surface area contributed by atoms with E-state index in [4.69, 9.17) is 23.2 Å². The second kappa shape index (κ2) is 8.35. The summed E-state index contributed by atoms with van der Waals surface area (Å²) in [5.41, 5.74) is -0.497. The summed E-state index contributed by atoms with van der Waals surface area (Å²) in [5.74, 6) is -3.07. The van der Waals surface area contributed by atoms with Crippen LogP contribution in [0.25, 0.3) is 0 Å². The number of hydrogen-bond acceptors (Lipinski definition) is 4. The SMILES string of the molecule is CCN1C(=O)[C@H]2[C@@H](c3ccccc3)N3C(=O)N(c4ccc(Cl)c(Cl)c4)C(=O)[C@@]3(CC(C)C)[C@H]2C1=O. The van der Waals surface area contributed by atoms with E-state index in [0.717, 1.165) is 4.90 Å². The van der Waals surface area contributed by atoms with E-state index in [-0.39, 0.29) is 35.5 Å². The van der Waals surface area contributed by atoms with E-state index >= 15 is 0 Å². The molecule has 0 N–H and O–H groups in total. The van der Waals surface area contributed by atoms with Gasteiger partial charge in [-0.2, -0.15) is 0 Å². The van der Waals surface area contributed by atoms with Crippen molar-refractivity contribution in [3.63, 3.8) is 0 Å². The van der Waals surface area contributed by atoms with Crippen molar-refractivity contribution in [1.82, 2.24) is 9.80 Å². The zero-order valence-electron chi connectivity index (χ0n) is 19.6. The first kappa shape index (κ1) is 23.8. The molecule has 0 aromatic heterocycles. The maximum atomic E-state index is 14.3. The molecule has 0 saturated carbocycles. The summed E-state index contributed by atoms with van der Waals surface area (Å²) < 4.78 is 0. The number of benzene rings is 2. The fourth-order valence-corrected chi connectivity index (χ4v) is 6.44. The number of anilines is 1. The number of urea groups is 1. The molecule has 2 aromatic rings. The van der Waals surface area contributed by atoms with Gasteiger partial charge in [-0.15, -0.1) is 0 Å². The molecular formula is C26H25Cl2N3O4. The van der Waals surface area contributed by atoms with Crippen molar-refractivity contribution in [1.29, 1.82) is 0 Å². The van der Waals surface area contributed by atoms with Crippen LogP contribution in [-0.4, -0.2) is 45.6 Å². The second-order valence-electron chi connectivity index (χ2n) is 9.69. The summed E-state index contributed by atoms with van der Waals surface area (Å²) in [5, 5.41) is 0.501. The Morgan fingerprint density at radius 2 is 1.63 bits per heavy atom. The van der Waals surface area contributed by atoms with Crippen LogP contribution in [-0.2, 0) is 14.4 Å². The first-order chi connectivity index (χ1) is 16.6. The van der Waals surface area contributed by atoms with Crippen molar-refractivity contribution in [3.05, 3.63) is 64.1 Å². The number of amides is 5. The van der Waals surface area contributed by atoms with Crippen LogP contribution in [0.4, 0.5) is 10.5 Å². The molecule has 9 heteroatoms. The molecule has 0 spiro atoms. The number of nitrogens with zero attached hydrogens (tertiary/aromatic N) is 3. The Balaban J connectivity index is 1.76. The normalized spacial score (nSPS) is 27.9. The molecule has 4 atom stereocenters. The molecule has 3 aliphatic rings. The molecule has 3 aliphatic heterocycles. The Kier molecular flexibility index (Phi) is 5.68. The number of likely N-dealkylation sites (tertiary alicyclic amines) is 1. The molecule has 0 bridgehead atoms. The fraction of sp³-hybridized carbons (Fsp3) is 0.385. The van der Waals surface area contributed by atoms with Crippen LogP contribution in [0, 0.1) is 17.8 Å². The highest BCUT2D eigenvalue weighted by molar-refractivity contribution is 6.42. The molecule has 0 aliphatic carbocycles. The van der Waals surface area contributed by atoms with Gasteiger partial charge in [0.05, 0.1) is 33.6 Å². The van der Waals surface area contributed by atoms with Gasteiger partial charge in [-0.25, -0.2) is 9.69 Å². The average Bonchev–Trinajstić information content (AvgIpc) is 3.33. The monoisotopic (exact) mass is 513 g/mol. The minimum atomic E-state index is -1.49. The van der Waals surface area contributed by atoms with Crippen molar-refractivity contribution in [3.8, 4) is 0 Å². The van der Waals surface area contributed by atoms with Gasteiger partial charge in [0, 0.05) is 6.54 Å². The number of fused-ring (bicyclic) bond motifs is 3. The highest BCUT2D eigenvalue weighted by atomic mass is 35.5. The minimum Gasteiger partial charge on any atom is -0.300 e. The van der Waals surface area contributed by atoms with Crippen LogP contribution in [0.15, 0.2) is 48.5 Å². The predicted molar refractivity (Wildman–Crippen MR) is 132 cm³/mol. The maximum Gasteiger partial charge on any atom is 0.332 e. The molecule has 2 aromatic carbocycles. The fourth-order valence-electron chi connectivity index (χ4n) is 6.15. The number of carbonyl (C=O) groups is 4. The predicted octanol–water partition coefficient (Wildman–Crippen LogP) is 4.92. The van der Waals surface area contributed by atoms with Crippen molar-refractivity contribution in [2.75, 3.05) is 11.4 Å². The highest BCUT2D eigenvalue weighted by Gasteiger charge is 2.77. The number of hydrogen-bond donors (Lipinski definition) is 0. The Morgan fingerprint density at radius 1 is 0.943 bits per heavy atom. The lowest BCUT2D eigenvalue weighted by atomic mass is 9.74. The third-order valence-corrected chi connectivity index (χ3v) is 8.05. The van der Waals surface area contributed by atoms with E-state index in [1.54, 1.807) is 13.0 Å². The third-order valence-electron chi connectivity index (χ3n) is 7.31. The van der Waals surface area contributed by atoms with Gasteiger partial charge in [0.15, 0.2) is 0 Å². The molecule has 3 heterocycles. The molecule has 35 heavy (non-hydrogen) atoms. The van der Waals surface area contributed by atoms with Crippen LogP contribution in [0.2, 0.25) is 10.0 Å². The van der Waals surface area contributed by atoms with E-state index in [9.17, 15) is 19.2 Å². The Bertz CT molecular complexity index is 1250. The molecule has 3 fully saturated rings. The molecule has 182 valence electrons. The number of imide groups is 2. The quantitative estimate of drug-likeness (QED) is 0.419. The van der Waals surface area contributed by atoms with E-state index in [0.29, 0.717) is 10.6 Å². The minimum absolute atomic E-state index is 0.0308. The van der Waals surface area contributed by atoms with Crippen LogP contribution >= 0.6 is 23.2 Å². The lowest BCUT2D eigenvalue weighted by Crippen LogP contribution is -2.54. The Morgan fingerprint density at radius 3 is 2.23 bits per heavy atom. The molecule has 0 unspecified atom stereocenters. The van der Waals surface area contributed by atoms with Gasteiger partial charge in [-0.3, -0.25) is 19.3 Å². The Labute approximate surface area is 213 Å². The van der Waals surface area contributed by atoms with E-state index in [2.05, 4.69) is 0 Å². The van der Waals surface area contributed by atoms with Crippen molar-refractivity contribution >= 4 is 52.6 Å². The second-order valence-corrected chi connectivity index (χ2v) is 10.5. The van der Waals surface area contributed by atoms with Gasteiger partial charge in [0.2, 0.25) is 11.8 Å². The van der Waals surface area contributed by atoms with E-state index in [1.165, 1.54) is 21.9 Å². The first-order valence-corrected chi connectivity index (χ1v) is 12.4. The summed E-state index contributed by atoms with van der Waals surface area (Å²) >= 11 is 12.3. The van der Waals surface area contributed by atoms with Gasteiger partial charge < -0.3 is 4.90 Å². The zero-order chi connectivity index (χ0) is 25.2. The van der Waals surface area contributed by atoms with Crippen LogP contribution in [0.5, 0.6) is 0 Å². The highest BCUT2D eigenvalue weighted by Crippen LogP contribution is 2.60. The van der Waals surface area contributed by atoms with Gasteiger partial charge in [0.25, 0.3) is 5.91 Å². The third kappa shape index (κ3) is 3.17. The first-order valence-electron chi connectivity index (χ1n) is 11.7. The van der Waals surface area contributed by atoms with Crippen LogP contribution in [0.3, 0.4) is 0 Å². The number of rotatable bonds is 5. The lowest BCUT2D eigenvalue weighted by Gasteiger charge is -2.36. The summed E-state index contributed by atoms with van der Waals surface area (Å²) in [6.45, 7) is 5.83. The van der Waals surface area contributed by atoms with Crippen LogP contribution in [0.1, 0.15) is 38.8 Å². The summed E-state index contributed by atoms with van der Waals surface area (Å²) in [7, 11) is 0. The van der Waals surface area contributed by atoms with Gasteiger partial charge in [-0.1, -0.05) is 67.4 Å². The molecule has 5 rings (SSSR count). The van der Waals surface area contributed by atoms with Crippen molar-refractivity contribution < 1.29 is 19.2 Å². The van der Waals surface area contributed by atoms with Crippen molar-refractivity contribution in [2.24, 2.45) is 17.8 Å². The molecule has 7 nitrogen and oxygen atoms in total. The van der Waals surface area contributed by atoms with Crippen molar-refractivity contribution in [2.45, 2.75) is 38.8 Å². The topological polar surface area (TPSA) is 78.0 Å². The summed E-state index contributed by atoms with van der Waals surface area (Å²) in [6.07, 6.45) is 0.246. The van der Waals surface area contributed by atoms with Gasteiger partial charge in [0.1, 0.15) is 5.54 Å². The molecule has 3 saturated heterocycles. The van der Waals surface area contributed by atoms with Gasteiger partial charge in [-0.05, 0) is 43.0 Å².